The number of amides is 1. The predicted molar refractivity (Wildman–Crippen MR) is 138 cm³/mol. The summed E-state index contributed by atoms with van der Waals surface area (Å²) in [4.78, 5) is 19.8. The minimum absolute atomic E-state index is 0.0477. The Morgan fingerprint density at radius 1 is 1.11 bits per heavy atom. The number of halogens is 2. The number of hydrogen-bond acceptors (Lipinski definition) is 5. The van der Waals surface area contributed by atoms with Crippen molar-refractivity contribution >= 4 is 23.2 Å². The van der Waals surface area contributed by atoms with E-state index in [1.165, 1.54) is 6.07 Å². The van der Waals surface area contributed by atoms with Gasteiger partial charge in [0.25, 0.3) is 0 Å². The number of β-amino-alcohol motifs (C(OH)–C–C–N with tert-alkyl or cyclic N) is 1. The molecule has 3 N–H and O–H groups in total. The third-order valence-corrected chi connectivity index (χ3v) is 7.68. The summed E-state index contributed by atoms with van der Waals surface area (Å²) in [6.45, 7) is 8.22. The molecule has 2 aliphatic rings. The molecule has 0 aromatic heterocycles. The van der Waals surface area contributed by atoms with Gasteiger partial charge in [-0.25, -0.2) is 4.39 Å². The van der Waals surface area contributed by atoms with Gasteiger partial charge >= 0.3 is 0 Å². The third kappa shape index (κ3) is 5.64. The molecular formula is C27H36ClFN4O2. The van der Waals surface area contributed by atoms with Crippen LogP contribution in [0.15, 0.2) is 42.5 Å². The van der Waals surface area contributed by atoms with Gasteiger partial charge in [0.15, 0.2) is 0 Å². The van der Waals surface area contributed by atoms with Crippen molar-refractivity contribution in [2.24, 2.45) is 17.6 Å². The number of aliphatic hydroxyl groups excluding tert-OH is 1. The smallest absolute Gasteiger partial charge is 0.227 e. The summed E-state index contributed by atoms with van der Waals surface area (Å²) < 4.78 is 14.9. The zero-order valence-electron chi connectivity index (χ0n) is 20.5. The van der Waals surface area contributed by atoms with Crippen LogP contribution in [0.1, 0.15) is 36.9 Å². The highest BCUT2D eigenvalue weighted by Crippen LogP contribution is 2.36. The first kappa shape index (κ1) is 25.9. The Balaban J connectivity index is 1.48. The lowest BCUT2D eigenvalue weighted by Gasteiger charge is -2.39. The molecule has 190 valence electrons. The van der Waals surface area contributed by atoms with Gasteiger partial charge in [0, 0.05) is 62.8 Å². The number of rotatable bonds is 7. The molecule has 1 amide bonds. The monoisotopic (exact) mass is 502 g/mol. The van der Waals surface area contributed by atoms with Crippen LogP contribution in [0.25, 0.3) is 0 Å². The molecule has 6 nitrogen and oxygen atoms in total. The number of aliphatic hydroxyl groups is 1. The molecule has 2 saturated heterocycles. The van der Waals surface area contributed by atoms with Crippen molar-refractivity contribution in [2.45, 2.75) is 25.8 Å². The number of carbonyl (C=O) groups is 1. The number of para-hydroxylation sites is 1. The van der Waals surface area contributed by atoms with Gasteiger partial charge in [0.1, 0.15) is 5.82 Å². The van der Waals surface area contributed by atoms with Crippen LogP contribution in [0.4, 0.5) is 10.1 Å². The van der Waals surface area contributed by atoms with Crippen LogP contribution in [0, 0.1) is 17.7 Å². The van der Waals surface area contributed by atoms with Gasteiger partial charge in [-0.15, -0.1) is 0 Å². The molecule has 4 rings (SSSR count). The maximum Gasteiger partial charge on any atom is 0.227 e. The predicted octanol–water partition coefficient (Wildman–Crippen LogP) is 3.49. The lowest BCUT2D eigenvalue weighted by atomic mass is 9.88. The fourth-order valence-corrected chi connectivity index (χ4v) is 5.51. The number of nitrogens with two attached hydrogens (primary N) is 1. The zero-order valence-corrected chi connectivity index (χ0v) is 21.3. The van der Waals surface area contributed by atoms with Gasteiger partial charge in [0.2, 0.25) is 5.91 Å². The molecular weight excluding hydrogens is 467 g/mol. The molecule has 0 spiro atoms. The molecule has 2 heterocycles. The fraction of sp³-hybridized carbons (Fsp3) is 0.519. The molecule has 0 unspecified atom stereocenters. The SMILES string of the molecule is CC(C)[C@H](N)c1cccc(F)c1N1CCN(C(=O)[C@@H]2CN(CCO)C[C@H]2c2ccc(Cl)cc2)CC1. The minimum atomic E-state index is -0.267. The van der Waals surface area contributed by atoms with E-state index in [4.69, 9.17) is 17.3 Å². The molecule has 0 aliphatic carbocycles. The summed E-state index contributed by atoms with van der Waals surface area (Å²) in [5.41, 5.74) is 8.87. The molecule has 0 radical (unpaired) electrons. The largest absolute Gasteiger partial charge is 0.395 e. The van der Waals surface area contributed by atoms with Crippen molar-refractivity contribution in [3.63, 3.8) is 0 Å². The number of nitrogens with zero attached hydrogens (tertiary/aromatic N) is 3. The summed E-state index contributed by atoms with van der Waals surface area (Å²) in [5.74, 6) is -0.0963. The summed E-state index contributed by atoms with van der Waals surface area (Å²) in [5, 5.41) is 10.1. The maximum absolute atomic E-state index is 14.9. The topological polar surface area (TPSA) is 73.0 Å². The van der Waals surface area contributed by atoms with Crippen LogP contribution in [0.5, 0.6) is 0 Å². The van der Waals surface area contributed by atoms with E-state index in [0.29, 0.717) is 50.0 Å². The zero-order chi connectivity index (χ0) is 25.1. The Bertz CT molecular complexity index is 1010. The number of likely N-dealkylation sites (tertiary alicyclic amines) is 1. The van der Waals surface area contributed by atoms with E-state index in [0.717, 1.165) is 17.7 Å². The maximum atomic E-state index is 14.9. The Kier molecular flexibility index (Phi) is 8.32. The lowest BCUT2D eigenvalue weighted by Crippen LogP contribution is -2.51. The summed E-state index contributed by atoms with van der Waals surface area (Å²) >= 11 is 6.08. The summed E-state index contributed by atoms with van der Waals surface area (Å²) in [7, 11) is 0. The van der Waals surface area contributed by atoms with Crippen molar-refractivity contribution < 1.29 is 14.3 Å². The van der Waals surface area contributed by atoms with E-state index in [9.17, 15) is 14.3 Å². The average molecular weight is 503 g/mol. The van der Waals surface area contributed by atoms with Crippen LogP contribution in [-0.2, 0) is 4.79 Å². The van der Waals surface area contributed by atoms with E-state index < -0.39 is 0 Å². The second-order valence-electron chi connectivity index (χ2n) is 10.0. The Labute approximate surface area is 212 Å². The van der Waals surface area contributed by atoms with Crippen LogP contribution in [0.2, 0.25) is 5.02 Å². The number of anilines is 1. The van der Waals surface area contributed by atoms with Crippen molar-refractivity contribution in [2.75, 3.05) is 57.3 Å². The van der Waals surface area contributed by atoms with Crippen molar-refractivity contribution in [3.8, 4) is 0 Å². The highest BCUT2D eigenvalue weighted by molar-refractivity contribution is 6.30. The quantitative estimate of drug-likeness (QED) is 0.606. The van der Waals surface area contributed by atoms with Crippen LogP contribution < -0.4 is 10.6 Å². The van der Waals surface area contributed by atoms with Gasteiger partial charge < -0.3 is 20.6 Å². The highest BCUT2D eigenvalue weighted by Gasteiger charge is 2.41. The van der Waals surface area contributed by atoms with E-state index in [2.05, 4.69) is 4.90 Å². The highest BCUT2D eigenvalue weighted by atomic mass is 35.5. The summed E-state index contributed by atoms with van der Waals surface area (Å²) in [6, 6.07) is 12.6. The normalized spacial score (nSPS) is 22.1. The molecule has 2 aromatic carbocycles. The average Bonchev–Trinajstić information content (AvgIpc) is 3.27. The first-order valence-corrected chi connectivity index (χ1v) is 12.8. The van der Waals surface area contributed by atoms with Crippen LogP contribution >= 0.6 is 11.6 Å². The second-order valence-corrected chi connectivity index (χ2v) is 10.4. The molecule has 2 fully saturated rings. The third-order valence-electron chi connectivity index (χ3n) is 7.43. The Morgan fingerprint density at radius 3 is 2.43 bits per heavy atom. The van der Waals surface area contributed by atoms with Gasteiger partial charge in [0.05, 0.1) is 18.2 Å². The van der Waals surface area contributed by atoms with Crippen molar-refractivity contribution in [1.82, 2.24) is 9.80 Å². The van der Waals surface area contributed by atoms with E-state index in [1.54, 1.807) is 6.07 Å². The second kappa shape index (κ2) is 11.2. The van der Waals surface area contributed by atoms with Gasteiger partial charge in [-0.2, -0.15) is 0 Å². The number of carbonyl (C=O) groups excluding carboxylic acids is 1. The number of benzene rings is 2. The molecule has 35 heavy (non-hydrogen) atoms. The number of piperazine rings is 1. The Morgan fingerprint density at radius 2 is 1.80 bits per heavy atom. The standard InChI is InChI=1S/C27H36ClFN4O2/c1-18(2)25(30)21-4-3-5-24(29)26(21)32-10-12-33(13-11-32)27(35)23-17-31(14-15-34)16-22(23)19-6-8-20(28)9-7-19/h3-9,18,22-23,25,34H,10-17,30H2,1-2H3/t22-,23+,25-/m0/s1. The number of hydrogen-bond donors (Lipinski definition) is 2. The molecule has 3 atom stereocenters. The first-order valence-electron chi connectivity index (χ1n) is 12.5. The van der Waals surface area contributed by atoms with E-state index >= 15 is 0 Å². The van der Waals surface area contributed by atoms with Crippen LogP contribution in [-0.4, -0.2) is 73.2 Å². The molecule has 0 bridgehead atoms. The first-order chi connectivity index (χ1) is 16.8. The van der Waals surface area contributed by atoms with Gasteiger partial charge in [-0.05, 0) is 35.2 Å². The summed E-state index contributed by atoms with van der Waals surface area (Å²) in [6.07, 6.45) is 0. The van der Waals surface area contributed by atoms with Crippen molar-refractivity contribution in [3.05, 3.63) is 64.4 Å². The van der Waals surface area contributed by atoms with Crippen LogP contribution in [0.3, 0.4) is 0 Å². The lowest BCUT2D eigenvalue weighted by molar-refractivity contribution is -0.135. The molecule has 8 heteroatoms. The molecule has 2 aliphatic heterocycles. The van der Waals surface area contributed by atoms with Gasteiger partial charge in [-0.1, -0.05) is 49.7 Å². The van der Waals surface area contributed by atoms with E-state index in [1.807, 2.05) is 54.0 Å². The minimum Gasteiger partial charge on any atom is -0.395 e. The van der Waals surface area contributed by atoms with Crippen molar-refractivity contribution in [1.29, 1.82) is 0 Å². The van der Waals surface area contributed by atoms with E-state index in [-0.39, 0.29) is 42.1 Å². The van der Waals surface area contributed by atoms with Gasteiger partial charge in [-0.3, -0.25) is 9.69 Å². The fourth-order valence-electron chi connectivity index (χ4n) is 5.39. The molecule has 0 saturated carbocycles. The molecule has 2 aromatic rings. The Hall–Kier alpha value is -2.19.